The molecule has 53 heavy (non-hydrogen) atoms. The van der Waals surface area contributed by atoms with Crippen LogP contribution in [0.25, 0.3) is 11.1 Å². The first-order valence-electron chi connectivity index (χ1n) is 18.4. The zero-order valence-corrected chi connectivity index (χ0v) is 34.9. The maximum Gasteiger partial charge on any atom is 0.186 e. The molecule has 0 saturated carbocycles. The smallest absolute Gasteiger partial charge is 0.186 e. The predicted octanol–water partition coefficient (Wildman–Crippen LogP) is 12.4. The summed E-state index contributed by atoms with van der Waals surface area (Å²) in [5, 5.41) is 0. The molecular formula is C48H56O4S. The predicted molar refractivity (Wildman–Crippen MR) is 223 cm³/mol. The van der Waals surface area contributed by atoms with Crippen molar-refractivity contribution < 1.29 is 19.1 Å². The van der Waals surface area contributed by atoms with Crippen molar-refractivity contribution in [2.24, 2.45) is 21.7 Å². The first kappa shape index (κ1) is 39.7. The molecular weight excluding hydrogens is 673 g/mol. The van der Waals surface area contributed by atoms with Crippen molar-refractivity contribution in [3.63, 3.8) is 0 Å². The van der Waals surface area contributed by atoms with Crippen molar-refractivity contribution in [1.29, 1.82) is 0 Å². The van der Waals surface area contributed by atoms with Crippen molar-refractivity contribution in [2.45, 2.75) is 83.1 Å². The quantitative estimate of drug-likeness (QED) is 0.254. The van der Waals surface area contributed by atoms with Gasteiger partial charge in [0.1, 0.15) is 11.5 Å². The third kappa shape index (κ3) is 8.36. The van der Waals surface area contributed by atoms with Crippen molar-refractivity contribution in [3.05, 3.63) is 139 Å². The molecule has 0 spiro atoms. The van der Waals surface area contributed by atoms with Crippen LogP contribution in [0.3, 0.4) is 0 Å². The summed E-state index contributed by atoms with van der Waals surface area (Å²) in [4.78, 5) is 30.2. The molecule has 0 N–H and O–H groups in total. The van der Waals surface area contributed by atoms with Crippen LogP contribution in [0.1, 0.15) is 104 Å². The summed E-state index contributed by atoms with van der Waals surface area (Å²) >= 11 is 1.71. The Morgan fingerprint density at radius 1 is 0.472 bits per heavy atom. The molecule has 0 atom stereocenters. The number of rotatable bonds is 6. The van der Waals surface area contributed by atoms with E-state index in [0.29, 0.717) is 0 Å². The minimum absolute atomic E-state index is 0.102. The summed E-state index contributed by atoms with van der Waals surface area (Å²) in [6, 6.07) is 20.7. The van der Waals surface area contributed by atoms with Gasteiger partial charge in [0.25, 0.3) is 0 Å². The molecule has 0 radical (unpaired) electrons. The van der Waals surface area contributed by atoms with E-state index >= 15 is 0 Å². The van der Waals surface area contributed by atoms with Gasteiger partial charge < -0.3 is 9.47 Å². The molecule has 0 unspecified atom stereocenters. The molecule has 2 aliphatic carbocycles. The maximum absolute atomic E-state index is 14.0. The number of methoxy groups -OCH3 is 2. The zero-order valence-electron chi connectivity index (χ0n) is 34.1. The zero-order chi connectivity index (χ0) is 39.3. The Morgan fingerprint density at radius 3 is 1.04 bits per heavy atom. The van der Waals surface area contributed by atoms with Crippen molar-refractivity contribution in [1.82, 2.24) is 0 Å². The number of Topliss-reactive ketones (excluding diaryl/α,β-unsaturated/α-hetero) is 2. The van der Waals surface area contributed by atoms with E-state index in [2.05, 4.69) is 144 Å². The molecule has 278 valence electrons. The maximum atomic E-state index is 14.0. The number of allylic oxidation sites excluding steroid dienone is 10. The van der Waals surface area contributed by atoms with Gasteiger partial charge in [0.2, 0.25) is 0 Å². The normalized spacial score (nSPS) is 15.8. The van der Waals surface area contributed by atoms with Crippen LogP contribution in [-0.2, 0) is 9.59 Å². The van der Waals surface area contributed by atoms with Crippen LogP contribution >= 0.6 is 11.3 Å². The van der Waals surface area contributed by atoms with E-state index in [-0.39, 0.29) is 33.2 Å². The van der Waals surface area contributed by atoms with Gasteiger partial charge in [-0.05, 0) is 105 Å². The lowest BCUT2D eigenvalue weighted by molar-refractivity contribution is -0.114. The number of ketones is 2. The largest absolute Gasteiger partial charge is 0.497 e. The molecule has 0 bridgehead atoms. The van der Waals surface area contributed by atoms with E-state index < -0.39 is 0 Å². The standard InChI is InChI=1S/C48H56O4S/c1-45(2,3)35-25-31(26-36(43(35)49)46(4,5)6)41(29-17-15-19-33(23-29)51-13)39-21-22-40(53-39)42(30-18-16-20-34(24-30)52-14)32-27-37(47(7,8)9)44(50)38(28-32)48(10,11)12/h15-28H,1-14H3. The molecule has 0 amide bonds. The van der Waals surface area contributed by atoms with Gasteiger partial charge in [-0.15, -0.1) is 11.3 Å². The highest BCUT2D eigenvalue weighted by Gasteiger charge is 2.37. The van der Waals surface area contributed by atoms with E-state index in [4.69, 9.17) is 9.47 Å². The van der Waals surface area contributed by atoms with Crippen LogP contribution in [0.2, 0.25) is 0 Å². The van der Waals surface area contributed by atoms with Gasteiger partial charge in [-0.2, -0.15) is 0 Å². The lowest BCUT2D eigenvalue weighted by Gasteiger charge is -2.32. The SMILES string of the molecule is COc1cccc(C(=C2C=C(C(C)(C)C)C(=O)C(C(C)(C)C)=C2)c2ccc(C(=C3C=C(C(C)(C)C)C(=O)C(C(C)(C)C)=C3)c3cccc(OC)c3)s2)c1. The molecule has 2 aromatic carbocycles. The first-order chi connectivity index (χ1) is 24.5. The fraction of sp³-hybridized carbons (Fsp3) is 0.375. The highest BCUT2D eigenvalue weighted by Crippen LogP contribution is 2.46. The Kier molecular flexibility index (Phi) is 10.8. The topological polar surface area (TPSA) is 52.6 Å². The third-order valence-corrected chi connectivity index (χ3v) is 10.9. The lowest BCUT2D eigenvalue weighted by atomic mass is 9.71. The van der Waals surface area contributed by atoms with Gasteiger partial charge in [0, 0.05) is 43.2 Å². The van der Waals surface area contributed by atoms with Crippen molar-refractivity contribution in [2.75, 3.05) is 14.2 Å². The van der Waals surface area contributed by atoms with E-state index in [1.165, 1.54) is 0 Å². The van der Waals surface area contributed by atoms with Crippen LogP contribution in [-0.4, -0.2) is 25.8 Å². The van der Waals surface area contributed by atoms with Crippen molar-refractivity contribution >= 4 is 34.0 Å². The van der Waals surface area contributed by atoms with Crippen LogP contribution in [0, 0.1) is 21.7 Å². The molecule has 1 heterocycles. The summed E-state index contributed by atoms with van der Waals surface area (Å²) in [5.74, 6) is 1.72. The number of benzene rings is 2. The van der Waals surface area contributed by atoms with Crippen LogP contribution in [0.4, 0.5) is 0 Å². The molecule has 0 aliphatic heterocycles. The molecule has 5 rings (SSSR count). The van der Waals surface area contributed by atoms with E-state index in [1.807, 2.05) is 24.3 Å². The summed E-state index contributed by atoms with van der Waals surface area (Å²) in [6.07, 6.45) is 8.38. The molecule has 1 aromatic heterocycles. The summed E-state index contributed by atoms with van der Waals surface area (Å²) in [7, 11) is 3.37. The Bertz CT molecular complexity index is 1920. The number of hydrogen-bond donors (Lipinski definition) is 0. The van der Waals surface area contributed by atoms with E-state index in [9.17, 15) is 9.59 Å². The van der Waals surface area contributed by atoms with Crippen LogP contribution in [0.5, 0.6) is 11.5 Å². The fourth-order valence-corrected chi connectivity index (χ4v) is 8.03. The van der Waals surface area contributed by atoms with Crippen molar-refractivity contribution in [3.8, 4) is 11.5 Å². The highest BCUT2D eigenvalue weighted by atomic mass is 32.1. The minimum atomic E-state index is -0.357. The molecule has 2 aliphatic rings. The number of ether oxygens (including phenoxy) is 2. The number of hydrogen-bond acceptors (Lipinski definition) is 5. The summed E-state index contributed by atoms with van der Waals surface area (Å²) in [6.45, 7) is 25.3. The Morgan fingerprint density at radius 2 is 0.774 bits per heavy atom. The molecule has 4 nitrogen and oxygen atoms in total. The molecule has 3 aromatic rings. The van der Waals surface area contributed by atoms with E-state index in [1.54, 1.807) is 25.6 Å². The number of carbonyl (C=O) groups is 2. The summed E-state index contributed by atoms with van der Waals surface area (Å²) in [5.41, 5.74) is 7.79. The highest BCUT2D eigenvalue weighted by molar-refractivity contribution is 7.14. The van der Waals surface area contributed by atoms with E-state index in [0.717, 1.165) is 77.0 Å². The Labute approximate surface area is 321 Å². The second-order valence-electron chi connectivity index (χ2n) is 18.2. The van der Waals surface area contributed by atoms with Gasteiger partial charge in [0.15, 0.2) is 11.6 Å². The first-order valence-corrected chi connectivity index (χ1v) is 19.2. The minimum Gasteiger partial charge on any atom is -0.497 e. The van der Waals surface area contributed by atoms with Crippen LogP contribution in [0.15, 0.2) is 118 Å². The second-order valence-corrected chi connectivity index (χ2v) is 19.3. The Balaban J connectivity index is 1.90. The molecule has 5 heteroatoms. The van der Waals surface area contributed by atoms with Gasteiger partial charge in [-0.3, -0.25) is 9.59 Å². The average Bonchev–Trinajstić information content (AvgIpc) is 3.53. The molecule has 0 fully saturated rings. The third-order valence-electron chi connectivity index (χ3n) is 9.80. The lowest BCUT2D eigenvalue weighted by Crippen LogP contribution is -2.28. The number of thiophene rings is 1. The second kappa shape index (κ2) is 14.4. The number of carbonyl (C=O) groups excluding carboxylic acids is 2. The van der Waals surface area contributed by atoms with Gasteiger partial charge in [0.05, 0.1) is 14.2 Å². The molecule has 0 saturated heterocycles. The Hall–Kier alpha value is -4.48. The van der Waals surface area contributed by atoms with Crippen LogP contribution < -0.4 is 9.47 Å². The average molecular weight is 729 g/mol. The van der Waals surface area contributed by atoms with Gasteiger partial charge in [-0.25, -0.2) is 0 Å². The van der Waals surface area contributed by atoms with Gasteiger partial charge in [-0.1, -0.05) is 107 Å². The van der Waals surface area contributed by atoms with Gasteiger partial charge >= 0.3 is 0 Å². The summed E-state index contributed by atoms with van der Waals surface area (Å²) < 4.78 is 11.4. The monoisotopic (exact) mass is 728 g/mol. The fourth-order valence-electron chi connectivity index (χ4n) is 6.84.